The molecule has 0 aliphatic carbocycles. The molecule has 0 unspecified atom stereocenters. The quantitative estimate of drug-likeness (QED) is 0.410. The number of aromatic nitrogens is 1. The smallest absolute Gasteiger partial charge is 0.373 e. The van der Waals surface area contributed by atoms with E-state index in [-0.39, 0.29) is 0 Å². The normalized spacial score (nSPS) is 7.42. The van der Waals surface area contributed by atoms with Crippen molar-refractivity contribution in [1.82, 2.24) is 4.98 Å². The van der Waals surface area contributed by atoms with Crippen LogP contribution >= 0.6 is 0 Å². The van der Waals surface area contributed by atoms with Gasteiger partial charge in [0.15, 0.2) is 0 Å². The van der Waals surface area contributed by atoms with Crippen LogP contribution in [0.3, 0.4) is 0 Å². The highest BCUT2D eigenvalue weighted by Crippen LogP contribution is 1.56. The molecule has 0 bridgehead atoms. The lowest BCUT2D eigenvalue weighted by atomic mass is 10.7. The molecular weight excluding hydrogens is 164 g/mol. The lowest BCUT2D eigenvalue weighted by Crippen LogP contribution is -2.10. The van der Waals surface area contributed by atoms with Crippen LogP contribution in [0.15, 0.2) is 31.3 Å². The van der Waals surface area contributed by atoms with Gasteiger partial charge in [0.05, 0.1) is 0 Å². The third-order valence-electron chi connectivity index (χ3n) is 0.705. The number of rotatable bonds is 0. The summed E-state index contributed by atoms with van der Waals surface area (Å²) in [6, 6.07) is 1.13. The Kier molecular flexibility index (Phi) is 4.88. The Balaban J connectivity index is 0.000000261. The average Bonchev–Trinajstić information content (AvgIpc) is 2.04. The summed E-state index contributed by atoms with van der Waals surface area (Å²) in [7, 11) is 1.38. The number of aliphatic imine (C=N–C) groups is 1. The second kappa shape index (κ2) is 5.82. The molecule has 6 nitrogen and oxygen atoms in total. The van der Waals surface area contributed by atoms with Gasteiger partial charge in [0.2, 0.25) is 6.08 Å². The van der Waals surface area contributed by atoms with Crippen LogP contribution in [-0.2, 0) is 4.79 Å². The van der Waals surface area contributed by atoms with Crippen LogP contribution in [0, 0.1) is 0 Å². The van der Waals surface area contributed by atoms with Crippen molar-refractivity contribution in [3.8, 4) is 0 Å². The first kappa shape index (κ1) is 10.1. The number of nitrogens with one attached hydrogen (secondary N) is 1. The van der Waals surface area contributed by atoms with Gasteiger partial charge in [0.1, 0.15) is 0 Å². The van der Waals surface area contributed by atoms with Gasteiger partial charge in [-0.1, -0.05) is 0 Å². The maximum Gasteiger partial charge on any atom is 0.419 e. The minimum absolute atomic E-state index is 0.631. The Hall–Kier alpha value is -1.94. The molecule has 0 fully saturated rings. The summed E-state index contributed by atoms with van der Waals surface area (Å²) in [6.45, 7) is 0. The molecule has 0 aliphatic heterocycles. The topological polar surface area (TPSA) is 92.5 Å². The molecule has 0 atom stereocenters. The molecule has 0 spiro atoms. The lowest BCUT2D eigenvalue weighted by molar-refractivity contribution is 0.449. The summed E-state index contributed by atoms with van der Waals surface area (Å²) in [5, 5.41) is 0. The molecule has 0 aliphatic rings. The zero-order chi connectivity index (χ0) is 9.40. The molecule has 12 heavy (non-hydrogen) atoms. The largest absolute Gasteiger partial charge is 0.419 e. The van der Waals surface area contributed by atoms with E-state index in [9.17, 15) is 9.59 Å². The van der Waals surface area contributed by atoms with Crippen molar-refractivity contribution >= 4 is 6.08 Å². The molecule has 0 amide bonds. The monoisotopic (exact) mass is 170 g/mol. The Morgan fingerprint density at radius 3 is 2.42 bits per heavy atom. The Morgan fingerprint density at radius 1 is 1.58 bits per heavy atom. The first-order chi connectivity index (χ1) is 5.70. The van der Waals surface area contributed by atoms with Gasteiger partial charge >= 0.3 is 11.4 Å². The van der Waals surface area contributed by atoms with Crippen LogP contribution in [0.5, 0.6) is 0 Å². The van der Waals surface area contributed by atoms with E-state index >= 15 is 0 Å². The first-order valence-electron chi connectivity index (χ1n) is 2.85. The fraction of sp³-hybridized carbons (Fsp3) is 0.167. The van der Waals surface area contributed by atoms with E-state index in [0.29, 0.717) is 0 Å². The molecule has 0 saturated heterocycles. The minimum Gasteiger partial charge on any atom is -0.373 e. The van der Waals surface area contributed by atoms with E-state index in [1.54, 1.807) is 0 Å². The summed E-state index contributed by atoms with van der Waals surface area (Å²) >= 11 is 0. The number of isocyanates is 1. The minimum atomic E-state index is -0.725. The number of nitrogens with zero attached hydrogens (tertiary/aromatic N) is 1. The lowest BCUT2D eigenvalue weighted by Gasteiger charge is -1.74. The summed E-state index contributed by atoms with van der Waals surface area (Å²) in [4.78, 5) is 34.1. The first-order valence-corrected chi connectivity index (χ1v) is 2.85. The van der Waals surface area contributed by atoms with Gasteiger partial charge in [-0.3, -0.25) is 4.98 Å². The van der Waals surface area contributed by atoms with Crippen LogP contribution in [0.4, 0.5) is 0 Å². The Morgan fingerprint density at radius 2 is 2.17 bits per heavy atom. The molecule has 1 aromatic rings. The summed E-state index contributed by atoms with van der Waals surface area (Å²) in [5.41, 5.74) is -0.631. The van der Waals surface area contributed by atoms with Crippen molar-refractivity contribution in [3.05, 3.63) is 33.2 Å². The van der Waals surface area contributed by atoms with Gasteiger partial charge in [-0.15, -0.1) is 0 Å². The predicted molar refractivity (Wildman–Crippen MR) is 39.6 cm³/mol. The maximum absolute atomic E-state index is 10.1. The molecule has 6 heteroatoms. The Bertz CT molecular complexity index is 346. The zero-order valence-electron chi connectivity index (χ0n) is 6.23. The third-order valence-corrected chi connectivity index (χ3v) is 0.705. The summed E-state index contributed by atoms with van der Waals surface area (Å²) < 4.78 is 4.01. The standard InChI is InChI=1S/C4H3NO3.C2H3NO/c6-3-1-2-5-4(7)8-3;1-3-2-4/h1-2H,(H,5,7);1H3. The second-order valence-electron chi connectivity index (χ2n) is 1.50. The molecule has 0 radical (unpaired) electrons. The second-order valence-corrected chi connectivity index (χ2v) is 1.50. The van der Waals surface area contributed by atoms with Crippen LogP contribution in [0.2, 0.25) is 0 Å². The fourth-order valence-corrected chi connectivity index (χ4v) is 0.333. The van der Waals surface area contributed by atoms with E-state index in [1.165, 1.54) is 19.3 Å². The van der Waals surface area contributed by atoms with Gasteiger partial charge < -0.3 is 4.42 Å². The number of H-pyrrole nitrogens is 1. The fourth-order valence-electron chi connectivity index (χ4n) is 0.333. The maximum atomic E-state index is 10.1. The average molecular weight is 170 g/mol. The van der Waals surface area contributed by atoms with Gasteiger partial charge in [0, 0.05) is 19.3 Å². The van der Waals surface area contributed by atoms with E-state index in [1.807, 2.05) is 0 Å². The van der Waals surface area contributed by atoms with Crippen molar-refractivity contribution < 1.29 is 9.21 Å². The van der Waals surface area contributed by atoms with Crippen LogP contribution in [0.1, 0.15) is 0 Å². The van der Waals surface area contributed by atoms with Crippen molar-refractivity contribution in [2.75, 3.05) is 7.05 Å². The van der Waals surface area contributed by atoms with Crippen LogP contribution < -0.4 is 11.4 Å². The molecule has 1 aromatic heterocycles. The van der Waals surface area contributed by atoms with E-state index in [2.05, 4.69) is 14.4 Å². The van der Waals surface area contributed by atoms with Crippen LogP contribution in [-0.4, -0.2) is 18.1 Å². The third kappa shape index (κ3) is 4.89. The van der Waals surface area contributed by atoms with Gasteiger partial charge in [0.25, 0.3) is 0 Å². The van der Waals surface area contributed by atoms with E-state index in [0.717, 1.165) is 6.07 Å². The van der Waals surface area contributed by atoms with Gasteiger partial charge in [-0.05, 0) is 0 Å². The SMILES string of the molecule is CN=C=O.O=c1cc[nH]c(=O)o1. The van der Waals surface area contributed by atoms with Crippen molar-refractivity contribution in [2.24, 2.45) is 4.99 Å². The number of carbonyl (C=O) groups excluding carboxylic acids is 1. The van der Waals surface area contributed by atoms with Crippen LogP contribution in [0.25, 0.3) is 0 Å². The number of hydrogen-bond donors (Lipinski definition) is 1. The zero-order valence-corrected chi connectivity index (χ0v) is 6.23. The molecule has 1 heterocycles. The molecule has 1 rings (SSSR count). The molecule has 64 valence electrons. The number of aromatic amines is 1. The van der Waals surface area contributed by atoms with E-state index in [4.69, 9.17) is 4.79 Å². The highest BCUT2D eigenvalue weighted by Gasteiger charge is 1.81. The molecular formula is C6H6N2O4. The highest BCUT2D eigenvalue weighted by molar-refractivity contribution is 5.32. The van der Waals surface area contributed by atoms with Gasteiger partial charge in [-0.25, -0.2) is 19.4 Å². The molecule has 0 aromatic carbocycles. The molecule has 1 N–H and O–H groups in total. The summed E-state index contributed by atoms with van der Waals surface area (Å²) in [5.74, 6) is -0.725. The molecule has 0 saturated carbocycles. The highest BCUT2D eigenvalue weighted by atomic mass is 16.4. The van der Waals surface area contributed by atoms with Crippen molar-refractivity contribution in [3.63, 3.8) is 0 Å². The van der Waals surface area contributed by atoms with Crippen molar-refractivity contribution in [2.45, 2.75) is 0 Å². The Labute approximate surface area is 66.6 Å². The summed E-state index contributed by atoms with van der Waals surface area (Å²) in [6.07, 6.45) is 2.54. The van der Waals surface area contributed by atoms with Crippen molar-refractivity contribution in [1.29, 1.82) is 0 Å². The van der Waals surface area contributed by atoms with Gasteiger partial charge in [-0.2, -0.15) is 0 Å². The van der Waals surface area contributed by atoms with E-state index < -0.39 is 11.4 Å². The number of hydrogen-bond acceptors (Lipinski definition) is 5. The predicted octanol–water partition coefficient (Wildman–Crippen LogP) is -0.720.